The second-order valence-corrected chi connectivity index (χ2v) is 22.1. The van der Waals surface area contributed by atoms with Crippen molar-refractivity contribution in [3.05, 3.63) is 133 Å². The summed E-state index contributed by atoms with van der Waals surface area (Å²) in [5.41, 5.74) is 7.65. The number of fused-ring (bicyclic) bond motifs is 4. The Morgan fingerprint density at radius 3 is 2.30 bits per heavy atom. The number of aromatic carboxylic acids is 1. The van der Waals surface area contributed by atoms with E-state index in [2.05, 4.69) is 27.7 Å². The summed E-state index contributed by atoms with van der Waals surface area (Å²) < 4.78 is 26.3. The number of carbonyl (C=O) groups is 2. The summed E-state index contributed by atoms with van der Waals surface area (Å²) in [5, 5.41) is 25.2. The van der Waals surface area contributed by atoms with Gasteiger partial charge in [0.1, 0.15) is 36.5 Å². The number of rotatable bonds is 10. The normalized spacial score (nSPS) is 21.5. The third-order valence-electron chi connectivity index (χ3n) is 17.8. The lowest BCUT2D eigenvalue weighted by molar-refractivity contribution is -0.0914. The highest BCUT2D eigenvalue weighted by atomic mass is 19.1. The van der Waals surface area contributed by atoms with E-state index in [4.69, 9.17) is 4.74 Å². The average Bonchev–Trinajstić information content (AvgIpc) is 3.42. The second kappa shape index (κ2) is 18.1. The maximum Gasteiger partial charge on any atom is 0.336 e. The number of hydrogen-bond donors (Lipinski definition) is 2. The Morgan fingerprint density at radius 2 is 1.55 bits per heavy atom. The fourth-order valence-corrected chi connectivity index (χ4v) is 12.6. The molecular weight excluding hydrogens is 864 g/mol. The van der Waals surface area contributed by atoms with E-state index in [0.29, 0.717) is 29.5 Å². The van der Waals surface area contributed by atoms with Crippen LogP contribution in [0.15, 0.2) is 66.7 Å². The standard InChI is InChI=1S/C59H71FN4O5/c1-37-17-11-9-8-10-12-28-59(37,60)36-38-22-24-39(25-23-38)54(65)61(6)57(2,3)58(4,5)62(7)55(66)42-26-27-43(56(67)68)46(35-42)49-47-33-40-18-13-29-63-31-15-20-44(50(40)63)52(47)69-53-45-21-16-32-64-30-14-19-41(51(45)64)34-48(49)53/h11,17,22-27,33-35,37,54,65H,8-10,12-16,18-21,28-32,36H2,1-7H3/p+1. The van der Waals surface area contributed by atoms with Crippen molar-refractivity contribution in [2.75, 3.05) is 45.2 Å². The van der Waals surface area contributed by atoms with Crippen LogP contribution in [0.25, 0.3) is 5.57 Å². The summed E-state index contributed by atoms with van der Waals surface area (Å²) in [6.07, 6.45) is 15.9. The number of allylic oxidation sites excluding steroid dienone is 2. The molecule has 0 spiro atoms. The van der Waals surface area contributed by atoms with Gasteiger partial charge in [0.2, 0.25) is 5.36 Å². The number of halogens is 1. The number of carboxylic acids is 1. The second-order valence-electron chi connectivity index (χ2n) is 22.1. The largest absolute Gasteiger partial charge is 0.478 e. The Hall–Kier alpha value is -5.32. The highest BCUT2D eigenvalue weighted by Gasteiger charge is 2.47. The van der Waals surface area contributed by atoms with Crippen LogP contribution in [0.2, 0.25) is 0 Å². The van der Waals surface area contributed by atoms with Gasteiger partial charge in [0.05, 0.1) is 16.7 Å². The zero-order valence-corrected chi connectivity index (χ0v) is 42.0. The lowest BCUT2D eigenvalue weighted by Crippen LogP contribution is -2.65. The molecule has 0 bridgehead atoms. The van der Waals surface area contributed by atoms with Gasteiger partial charge in [-0.15, -0.1) is 0 Å². The number of ether oxygens (including phenoxy) is 1. The lowest BCUT2D eigenvalue weighted by Gasteiger charge is -2.53. The highest BCUT2D eigenvalue weighted by molar-refractivity contribution is 6.03. The minimum atomic E-state index is -1.33. The van der Waals surface area contributed by atoms with Crippen LogP contribution < -0.4 is 24.8 Å². The number of carboxylic acid groups (broad SMARTS) is 1. The molecular formula is C59H72FN4O5+. The fraction of sp³-hybridized carbons (Fsp3) is 0.508. The molecule has 5 aliphatic heterocycles. The molecule has 0 aromatic heterocycles. The molecule has 10 heteroatoms. The number of aryl methyl sites for hydroxylation is 2. The van der Waals surface area contributed by atoms with Gasteiger partial charge in [-0.2, -0.15) is 0 Å². The van der Waals surface area contributed by atoms with E-state index in [0.717, 1.165) is 137 Å². The third-order valence-corrected chi connectivity index (χ3v) is 17.8. The van der Waals surface area contributed by atoms with E-state index < -0.39 is 28.9 Å². The van der Waals surface area contributed by atoms with Crippen molar-refractivity contribution in [2.24, 2.45) is 5.92 Å². The van der Waals surface area contributed by atoms with Gasteiger partial charge < -0.3 is 24.7 Å². The molecule has 3 atom stereocenters. The smallest absolute Gasteiger partial charge is 0.336 e. The first kappa shape index (κ1) is 47.4. The molecule has 0 radical (unpaired) electrons. The van der Waals surface area contributed by atoms with Crippen LogP contribution in [0, 0.1) is 5.92 Å². The molecule has 4 aromatic rings. The van der Waals surface area contributed by atoms with Crippen LogP contribution in [0.5, 0.6) is 11.5 Å². The molecule has 1 aliphatic carbocycles. The number of carbonyl (C=O) groups excluding carboxylic acids is 1. The predicted molar refractivity (Wildman–Crippen MR) is 272 cm³/mol. The Bertz CT molecular complexity index is 2880. The summed E-state index contributed by atoms with van der Waals surface area (Å²) in [6.45, 7) is 14.1. The summed E-state index contributed by atoms with van der Waals surface area (Å²) in [6, 6.07) is 17.3. The van der Waals surface area contributed by atoms with Gasteiger partial charge in [0, 0.05) is 89.6 Å². The van der Waals surface area contributed by atoms with Gasteiger partial charge in [-0.05, 0) is 145 Å². The zero-order valence-electron chi connectivity index (χ0n) is 42.0. The van der Waals surface area contributed by atoms with E-state index in [1.807, 2.05) is 83.0 Å². The minimum absolute atomic E-state index is 0.144. The van der Waals surface area contributed by atoms with Crippen molar-refractivity contribution in [3.8, 4) is 11.5 Å². The summed E-state index contributed by atoms with van der Waals surface area (Å²) in [5.74, 6) is 0.179. The molecule has 3 unspecified atom stereocenters. The SMILES string of the molecule is CC1C=CCCCCCC1(F)Cc1ccc(C(O)N(C)C(C)(C)C(C)(C)N(C)C(=O)c2ccc(C(=O)O)c(C3=c4cc5c6c(c4Oc4c3cc3c7c4CCCN7CCC3)CCC[N+]=6CCC5)c2)cc1. The Balaban J connectivity index is 1.00. The molecule has 5 heterocycles. The Morgan fingerprint density at radius 1 is 0.841 bits per heavy atom. The molecule has 1 amide bonds. The van der Waals surface area contributed by atoms with Crippen molar-refractivity contribution in [2.45, 2.75) is 147 Å². The monoisotopic (exact) mass is 936 g/mol. The van der Waals surface area contributed by atoms with E-state index in [1.54, 1.807) is 24.1 Å². The molecule has 2 N–H and O–H groups in total. The van der Waals surface area contributed by atoms with Crippen LogP contribution in [-0.4, -0.2) is 88.9 Å². The zero-order chi connectivity index (χ0) is 48.6. The van der Waals surface area contributed by atoms with Crippen molar-refractivity contribution < 1.29 is 28.9 Å². The molecule has 4 aromatic carbocycles. The van der Waals surface area contributed by atoms with E-state index >= 15 is 9.18 Å². The van der Waals surface area contributed by atoms with Crippen molar-refractivity contribution in [1.82, 2.24) is 14.4 Å². The van der Waals surface area contributed by atoms with Crippen LogP contribution in [0.4, 0.5) is 10.1 Å². The number of hydrogen-bond acceptors (Lipinski definition) is 6. The fourth-order valence-electron chi connectivity index (χ4n) is 12.6. The number of alkyl halides is 1. The van der Waals surface area contributed by atoms with Crippen molar-refractivity contribution in [3.63, 3.8) is 0 Å². The maximum absolute atomic E-state index is 16.5. The molecule has 6 aliphatic rings. The first-order chi connectivity index (χ1) is 33.0. The summed E-state index contributed by atoms with van der Waals surface area (Å²) in [4.78, 5) is 34.7. The first-order valence-corrected chi connectivity index (χ1v) is 25.9. The van der Waals surface area contributed by atoms with E-state index in [9.17, 15) is 15.0 Å². The highest BCUT2D eigenvalue weighted by Crippen LogP contribution is 2.49. The summed E-state index contributed by atoms with van der Waals surface area (Å²) >= 11 is 0. The van der Waals surface area contributed by atoms with E-state index in [1.165, 1.54) is 33.3 Å². The first-order valence-electron chi connectivity index (χ1n) is 25.9. The Kier molecular flexibility index (Phi) is 12.4. The minimum Gasteiger partial charge on any atom is -0.478 e. The molecule has 9 nitrogen and oxygen atoms in total. The Labute approximate surface area is 408 Å². The maximum atomic E-state index is 16.5. The molecule has 0 saturated heterocycles. The van der Waals surface area contributed by atoms with Crippen LogP contribution in [0.3, 0.4) is 0 Å². The van der Waals surface area contributed by atoms with Gasteiger partial charge in [0.15, 0.2) is 0 Å². The number of anilines is 1. The topological polar surface area (TPSA) is 96.6 Å². The quantitative estimate of drug-likeness (QED) is 0.0819. The number of likely N-dealkylation sites (N-methyl/N-ethyl adjacent to an activating group) is 2. The van der Waals surface area contributed by atoms with Gasteiger partial charge in [0.25, 0.3) is 5.91 Å². The predicted octanol–water partition coefficient (Wildman–Crippen LogP) is 9.48. The van der Waals surface area contributed by atoms with Crippen LogP contribution >= 0.6 is 0 Å². The number of nitrogens with zero attached hydrogens (tertiary/aromatic N) is 4. The van der Waals surface area contributed by atoms with Crippen molar-refractivity contribution >= 4 is 23.1 Å². The lowest BCUT2D eigenvalue weighted by atomic mass is 9.78. The number of aliphatic hydroxyl groups is 1. The average molecular weight is 936 g/mol. The molecule has 0 fully saturated rings. The number of aliphatic hydroxyl groups excluding tert-OH is 1. The van der Waals surface area contributed by atoms with Gasteiger partial charge >= 0.3 is 5.97 Å². The molecule has 69 heavy (non-hydrogen) atoms. The molecule has 364 valence electrons. The molecule has 10 rings (SSSR count). The van der Waals surface area contributed by atoms with Crippen molar-refractivity contribution in [1.29, 1.82) is 0 Å². The van der Waals surface area contributed by atoms with Gasteiger partial charge in [-0.1, -0.05) is 56.2 Å². The van der Waals surface area contributed by atoms with Crippen LogP contribution in [-0.2, 0) is 32.1 Å². The molecule has 0 saturated carbocycles. The number of benzene rings is 4. The van der Waals surface area contributed by atoms with Crippen LogP contribution in [0.1, 0.15) is 164 Å². The number of amides is 1. The van der Waals surface area contributed by atoms with Gasteiger partial charge in [-0.25, -0.2) is 13.8 Å². The van der Waals surface area contributed by atoms with E-state index in [-0.39, 0.29) is 17.4 Å². The third kappa shape index (κ3) is 8.11. The van der Waals surface area contributed by atoms with Gasteiger partial charge in [-0.3, -0.25) is 9.69 Å². The summed E-state index contributed by atoms with van der Waals surface area (Å²) in [7, 11) is 3.66.